The molecule has 0 heterocycles. The normalized spacial score (nSPS) is 12.1. The van der Waals surface area contributed by atoms with Crippen LogP contribution in [0.15, 0.2) is 48.5 Å². The number of anilines is 1. The van der Waals surface area contributed by atoms with Crippen LogP contribution in [0.3, 0.4) is 0 Å². The van der Waals surface area contributed by atoms with E-state index in [0.717, 1.165) is 21.9 Å². The number of ether oxygens (including phenoxy) is 2. The lowest BCUT2D eigenvalue weighted by Gasteiger charge is -2.23. The number of methoxy groups -OCH3 is 1. The van der Waals surface area contributed by atoms with Gasteiger partial charge in [-0.1, -0.05) is 18.2 Å². The molecule has 1 amide bonds. The lowest BCUT2D eigenvalue weighted by molar-refractivity contribution is -0.120. The summed E-state index contributed by atoms with van der Waals surface area (Å²) in [5, 5.41) is 2.77. The monoisotopic (exact) mass is 406 g/mol. The number of amides is 1. The van der Waals surface area contributed by atoms with Gasteiger partial charge in [0, 0.05) is 0 Å². The fraction of sp³-hybridized carbons (Fsp3) is 0.350. The summed E-state index contributed by atoms with van der Waals surface area (Å²) < 4.78 is 36.1. The Labute approximate surface area is 166 Å². The molecule has 0 aliphatic rings. The third-order valence-corrected chi connectivity index (χ3v) is 5.18. The van der Waals surface area contributed by atoms with Gasteiger partial charge >= 0.3 is 0 Å². The van der Waals surface area contributed by atoms with Crippen molar-refractivity contribution in [1.29, 1.82) is 0 Å². The minimum absolute atomic E-state index is 0.276. The Hall–Kier alpha value is -2.74. The maximum absolute atomic E-state index is 12.4. The fourth-order valence-corrected chi connectivity index (χ4v) is 3.43. The van der Waals surface area contributed by atoms with Crippen LogP contribution in [0.4, 0.5) is 5.69 Å². The van der Waals surface area contributed by atoms with Gasteiger partial charge in [0.25, 0.3) is 0 Å². The molecule has 0 radical (unpaired) electrons. The molecule has 0 unspecified atom stereocenters. The molecule has 2 rings (SSSR count). The quantitative estimate of drug-likeness (QED) is 0.691. The highest BCUT2D eigenvalue weighted by Gasteiger charge is 2.21. The SMILES string of the molecule is COc1ccc(N(CC(=O)N[C@H](C)COc2ccccc2C)S(C)(=O)=O)cc1. The molecule has 0 aliphatic heterocycles. The molecular formula is C20H26N2O5S. The van der Waals surface area contributed by atoms with E-state index >= 15 is 0 Å². The van der Waals surface area contributed by atoms with Crippen LogP contribution in [0.25, 0.3) is 0 Å². The molecule has 152 valence electrons. The second-order valence-electron chi connectivity index (χ2n) is 6.51. The van der Waals surface area contributed by atoms with Crippen LogP contribution >= 0.6 is 0 Å². The summed E-state index contributed by atoms with van der Waals surface area (Å²) in [5.74, 6) is 0.936. The number of rotatable bonds is 9. The number of hydrogen-bond acceptors (Lipinski definition) is 5. The van der Waals surface area contributed by atoms with E-state index in [1.54, 1.807) is 31.2 Å². The summed E-state index contributed by atoms with van der Waals surface area (Å²) in [6, 6.07) is 13.8. The molecule has 2 aromatic carbocycles. The number of benzene rings is 2. The summed E-state index contributed by atoms with van der Waals surface area (Å²) in [6.45, 7) is 3.70. The van der Waals surface area contributed by atoms with Crippen molar-refractivity contribution in [3.8, 4) is 11.5 Å². The number of hydrogen-bond donors (Lipinski definition) is 1. The molecule has 2 aromatic rings. The van der Waals surface area contributed by atoms with E-state index in [2.05, 4.69) is 5.32 Å². The molecule has 0 saturated carbocycles. The van der Waals surface area contributed by atoms with Crippen molar-refractivity contribution < 1.29 is 22.7 Å². The van der Waals surface area contributed by atoms with Crippen LogP contribution < -0.4 is 19.1 Å². The molecular weight excluding hydrogens is 380 g/mol. The molecule has 1 N–H and O–H groups in total. The Morgan fingerprint density at radius 3 is 2.36 bits per heavy atom. The van der Waals surface area contributed by atoms with Gasteiger partial charge in [0.15, 0.2) is 0 Å². The van der Waals surface area contributed by atoms with Crippen molar-refractivity contribution in [3.05, 3.63) is 54.1 Å². The van der Waals surface area contributed by atoms with Crippen molar-refractivity contribution in [3.63, 3.8) is 0 Å². The number of nitrogens with zero attached hydrogens (tertiary/aromatic N) is 1. The first-order chi connectivity index (χ1) is 13.2. The van der Waals surface area contributed by atoms with Gasteiger partial charge < -0.3 is 14.8 Å². The molecule has 8 heteroatoms. The van der Waals surface area contributed by atoms with Crippen molar-refractivity contribution in [2.45, 2.75) is 19.9 Å². The zero-order valence-electron chi connectivity index (χ0n) is 16.5. The average Bonchev–Trinajstić information content (AvgIpc) is 2.65. The summed E-state index contributed by atoms with van der Waals surface area (Å²) in [7, 11) is -2.10. The van der Waals surface area contributed by atoms with Gasteiger partial charge in [-0.05, 0) is 49.7 Å². The second-order valence-corrected chi connectivity index (χ2v) is 8.42. The van der Waals surface area contributed by atoms with Crippen LogP contribution in [0.5, 0.6) is 11.5 Å². The van der Waals surface area contributed by atoms with E-state index in [-0.39, 0.29) is 19.2 Å². The van der Waals surface area contributed by atoms with Crippen molar-refractivity contribution >= 4 is 21.6 Å². The molecule has 0 aromatic heterocycles. The lowest BCUT2D eigenvalue weighted by atomic mass is 10.2. The van der Waals surface area contributed by atoms with Crippen LogP contribution in [-0.2, 0) is 14.8 Å². The number of para-hydroxylation sites is 1. The van der Waals surface area contributed by atoms with Crippen LogP contribution in [-0.4, -0.2) is 46.9 Å². The molecule has 7 nitrogen and oxygen atoms in total. The third-order valence-electron chi connectivity index (χ3n) is 4.04. The maximum atomic E-state index is 12.4. The fourth-order valence-electron chi connectivity index (χ4n) is 2.57. The Balaban J connectivity index is 1.98. The summed E-state index contributed by atoms with van der Waals surface area (Å²) in [6.07, 6.45) is 1.06. The van der Waals surface area contributed by atoms with Crippen molar-refractivity contribution in [2.24, 2.45) is 0 Å². The highest BCUT2D eigenvalue weighted by atomic mass is 32.2. The number of aryl methyl sites for hydroxylation is 1. The average molecular weight is 407 g/mol. The van der Waals surface area contributed by atoms with Crippen LogP contribution in [0.1, 0.15) is 12.5 Å². The standard InChI is InChI=1S/C20H26N2O5S/c1-15-7-5-6-8-19(15)27-14-16(2)21-20(23)13-22(28(4,24)25)17-9-11-18(26-3)12-10-17/h5-12,16H,13-14H2,1-4H3,(H,21,23)/t16-/m1/s1. The largest absolute Gasteiger partial charge is 0.497 e. The van der Waals surface area contributed by atoms with E-state index in [0.29, 0.717) is 11.4 Å². The summed E-state index contributed by atoms with van der Waals surface area (Å²) >= 11 is 0. The van der Waals surface area contributed by atoms with E-state index in [9.17, 15) is 13.2 Å². The molecule has 0 spiro atoms. The predicted molar refractivity (Wildman–Crippen MR) is 109 cm³/mol. The van der Waals surface area contributed by atoms with Gasteiger partial charge in [-0.2, -0.15) is 0 Å². The lowest BCUT2D eigenvalue weighted by Crippen LogP contribution is -2.44. The van der Waals surface area contributed by atoms with Gasteiger partial charge in [0.2, 0.25) is 15.9 Å². The maximum Gasteiger partial charge on any atom is 0.241 e. The Morgan fingerprint density at radius 1 is 1.14 bits per heavy atom. The number of carbonyl (C=O) groups is 1. The molecule has 0 fully saturated rings. The highest BCUT2D eigenvalue weighted by molar-refractivity contribution is 7.92. The number of sulfonamides is 1. The van der Waals surface area contributed by atoms with Crippen molar-refractivity contribution in [1.82, 2.24) is 5.32 Å². The Kier molecular flexibility index (Phi) is 7.28. The first-order valence-corrected chi connectivity index (χ1v) is 10.6. The molecule has 0 bridgehead atoms. The first-order valence-electron chi connectivity index (χ1n) is 8.80. The van der Waals surface area contributed by atoms with Gasteiger partial charge in [-0.3, -0.25) is 9.10 Å². The van der Waals surface area contributed by atoms with Gasteiger partial charge in [0.05, 0.1) is 25.1 Å². The molecule has 28 heavy (non-hydrogen) atoms. The summed E-state index contributed by atoms with van der Waals surface area (Å²) in [4.78, 5) is 12.4. The predicted octanol–water partition coefficient (Wildman–Crippen LogP) is 2.35. The Bertz CT molecular complexity index is 897. The van der Waals surface area contributed by atoms with Gasteiger partial charge in [-0.15, -0.1) is 0 Å². The Morgan fingerprint density at radius 2 is 1.79 bits per heavy atom. The first kappa shape index (κ1) is 21.6. The minimum atomic E-state index is -3.63. The zero-order chi connectivity index (χ0) is 20.7. The van der Waals surface area contributed by atoms with E-state index in [1.165, 1.54) is 7.11 Å². The second kappa shape index (κ2) is 9.45. The van der Waals surface area contributed by atoms with E-state index < -0.39 is 15.9 Å². The minimum Gasteiger partial charge on any atom is -0.497 e. The topological polar surface area (TPSA) is 84.9 Å². The van der Waals surface area contributed by atoms with Crippen molar-refractivity contribution in [2.75, 3.05) is 30.8 Å². The zero-order valence-corrected chi connectivity index (χ0v) is 17.3. The molecule has 0 aliphatic carbocycles. The molecule has 1 atom stereocenters. The third kappa shape index (κ3) is 6.16. The van der Waals surface area contributed by atoms with E-state index in [1.807, 2.05) is 31.2 Å². The highest BCUT2D eigenvalue weighted by Crippen LogP contribution is 2.21. The van der Waals surface area contributed by atoms with Crippen LogP contribution in [0.2, 0.25) is 0 Å². The molecule has 0 saturated heterocycles. The van der Waals surface area contributed by atoms with Gasteiger partial charge in [-0.25, -0.2) is 8.42 Å². The number of carbonyl (C=O) groups excluding carboxylic acids is 1. The van der Waals surface area contributed by atoms with E-state index in [4.69, 9.17) is 9.47 Å². The summed E-state index contributed by atoms with van der Waals surface area (Å²) in [5.41, 5.74) is 1.39. The smallest absolute Gasteiger partial charge is 0.241 e. The number of nitrogens with one attached hydrogen (secondary N) is 1. The van der Waals surface area contributed by atoms with Gasteiger partial charge in [0.1, 0.15) is 24.7 Å². The van der Waals surface area contributed by atoms with Crippen LogP contribution in [0, 0.1) is 6.92 Å².